The minimum atomic E-state index is 0.344. The molecule has 3 rings (SSSR count). The van der Waals surface area contributed by atoms with Crippen molar-refractivity contribution in [3.05, 3.63) is 0 Å². The Balaban J connectivity index is 0.000000136. The molecule has 3 atom stereocenters. The smallest absolute Gasteiger partial charge is 0.312 e. The minimum Gasteiger partial charge on any atom is -0.317 e. The van der Waals surface area contributed by atoms with Gasteiger partial charge in [0, 0.05) is 6.42 Å². The van der Waals surface area contributed by atoms with E-state index in [1.54, 1.807) is 0 Å². The second-order valence-electron chi connectivity index (χ2n) is 6.17. The van der Waals surface area contributed by atoms with Crippen LogP contribution in [-0.4, -0.2) is 30.6 Å². The second-order valence-corrected chi connectivity index (χ2v) is 6.17. The summed E-state index contributed by atoms with van der Waals surface area (Å²) in [5.74, 6) is 0.446. The van der Waals surface area contributed by atoms with E-state index in [0.29, 0.717) is 17.5 Å². The van der Waals surface area contributed by atoms with E-state index in [0.717, 1.165) is 12.8 Å². The first kappa shape index (κ1) is 13.0. The van der Waals surface area contributed by atoms with Gasteiger partial charge in [0.2, 0.25) is 0 Å². The van der Waals surface area contributed by atoms with Crippen LogP contribution in [0.15, 0.2) is 0 Å². The van der Waals surface area contributed by atoms with Crippen LogP contribution in [0.4, 0.5) is 0 Å². The van der Waals surface area contributed by atoms with Gasteiger partial charge in [-0.15, -0.1) is 0 Å². The van der Waals surface area contributed by atoms with Crippen LogP contribution in [0.1, 0.15) is 58.8 Å². The van der Waals surface area contributed by atoms with Crippen LogP contribution in [0, 0.1) is 0 Å². The Kier molecular flexibility index (Phi) is 4.21. The summed E-state index contributed by atoms with van der Waals surface area (Å²) < 4.78 is 0. The second kappa shape index (κ2) is 5.49. The molecule has 3 unspecified atom stereocenters. The topological polar surface area (TPSA) is 33.5 Å². The maximum absolute atomic E-state index is 11.2. The fraction of sp³-hybridized carbons (Fsp3) is 0.929. The van der Waals surface area contributed by atoms with Crippen LogP contribution < -0.4 is 10.2 Å². The third-order valence-electron chi connectivity index (χ3n) is 4.56. The van der Waals surface area contributed by atoms with Crippen LogP contribution in [0.25, 0.3) is 0 Å². The number of amides is 1. The third-order valence-corrected chi connectivity index (χ3v) is 4.56. The zero-order valence-electron chi connectivity index (χ0n) is 11.3. The Morgan fingerprint density at radius 1 is 1.24 bits per heavy atom. The molecule has 3 fully saturated rings. The van der Waals surface area contributed by atoms with E-state index < -0.39 is 0 Å². The minimum absolute atomic E-state index is 0.344. The molecule has 17 heavy (non-hydrogen) atoms. The number of carbonyl (C=O) groups excluding carboxylic acids is 1. The molecule has 3 aliphatic rings. The summed E-state index contributed by atoms with van der Waals surface area (Å²) in [7, 11) is 0. The number of carbonyl (C=O) groups is 1. The molecule has 0 aromatic carbocycles. The molecule has 3 saturated heterocycles. The van der Waals surface area contributed by atoms with Crippen molar-refractivity contribution in [3.63, 3.8) is 0 Å². The number of hydrogen-bond donors (Lipinski definition) is 2. The van der Waals surface area contributed by atoms with Crippen molar-refractivity contribution >= 4 is 5.91 Å². The molecule has 0 saturated carbocycles. The Bertz CT molecular complexity index is 260. The number of fused-ring (bicyclic) bond motifs is 1. The van der Waals surface area contributed by atoms with E-state index in [4.69, 9.17) is 0 Å². The first-order chi connectivity index (χ1) is 8.13. The van der Waals surface area contributed by atoms with Crippen LogP contribution in [0.3, 0.4) is 0 Å². The third kappa shape index (κ3) is 2.89. The highest BCUT2D eigenvalue weighted by Gasteiger charge is 2.58. The monoisotopic (exact) mass is 239 g/mol. The highest BCUT2D eigenvalue weighted by molar-refractivity contribution is 5.70. The zero-order valence-corrected chi connectivity index (χ0v) is 11.3. The molecule has 0 aromatic heterocycles. The average molecular weight is 239 g/mol. The lowest BCUT2D eigenvalue weighted by atomic mass is 9.82. The van der Waals surface area contributed by atoms with Crippen LogP contribution in [0.2, 0.25) is 0 Å². The number of nitrogens with one attached hydrogen (secondary N) is 2. The molecule has 1 amide bonds. The summed E-state index contributed by atoms with van der Waals surface area (Å²) in [4.78, 5) is 12.5. The molecular weight excluding hydrogens is 212 g/mol. The molecule has 2 N–H and O–H groups in total. The molecule has 98 valence electrons. The van der Waals surface area contributed by atoms with Gasteiger partial charge in [0.1, 0.15) is 5.54 Å². The van der Waals surface area contributed by atoms with Crippen LogP contribution in [-0.2, 0) is 4.79 Å². The molecule has 3 heterocycles. The highest BCUT2D eigenvalue weighted by atomic mass is 16.2. The molecule has 0 radical (unpaired) electrons. The summed E-state index contributed by atoms with van der Waals surface area (Å²) >= 11 is 0. The molecule has 0 bridgehead atoms. The van der Waals surface area contributed by atoms with Gasteiger partial charge in [-0.05, 0) is 39.8 Å². The SMILES string of the molecule is C1CCCNCC1.CC1CC2(C)CCC(=O)[NH+]12. The lowest BCUT2D eigenvalue weighted by Gasteiger charge is -2.45. The summed E-state index contributed by atoms with van der Waals surface area (Å²) in [6.07, 6.45) is 8.83. The lowest BCUT2D eigenvalue weighted by Crippen LogP contribution is -3.29. The normalized spacial score (nSPS) is 40.7. The summed E-state index contributed by atoms with van der Waals surface area (Å²) in [5.41, 5.74) is 0.344. The molecule has 3 aliphatic heterocycles. The zero-order chi connectivity index (χ0) is 12.3. The van der Waals surface area contributed by atoms with Crippen molar-refractivity contribution < 1.29 is 9.69 Å². The van der Waals surface area contributed by atoms with Crippen molar-refractivity contribution in [3.8, 4) is 0 Å². The van der Waals surface area contributed by atoms with Gasteiger partial charge in [-0.1, -0.05) is 12.8 Å². The molecular formula is C14H27N2O+. The molecule has 0 spiro atoms. The van der Waals surface area contributed by atoms with Gasteiger partial charge in [-0.2, -0.15) is 0 Å². The first-order valence-electron chi connectivity index (χ1n) is 7.25. The van der Waals surface area contributed by atoms with Gasteiger partial charge in [-0.3, -0.25) is 4.90 Å². The molecule has 3 heteroatoms. The van der Waals surface area contributed by atoms with Crippen molar-refractivity contribution in [2.45, 2.75) is 70.4 Å². The van der Waals surface area contributed by atoms with Crippen molar-refractivity contribution in [2.24, 2.45) is 0 Å². The van der Waals surface area contributed by atoms with Gasteiger partial charge in [-0.25, -0.2) is 4.79 Å². The van der Waals surface area contributed by atoms with Crippen LogP contribution >= 0.6 is 0 Å². The Morgan fingerprint density at radius 2 is 1.88 bits per heavy atom. The van der Waals surface area contributed by atoms with Gasteiger partial charge in [0.15, 0.2) is 0 Å². The number of hydrogen-bond acceptors (Lipinski definition) is 2. The van der Waals surface area contributed by atoms with Crippen LogP contribution in [0.5, 0.6) is 0 Å². The summed E-state index contributed by atoms with van der Waals surface area (Å²) in [6.45, 7) is 6.90. The fourth-order valence-electron chi connectivity index (χ4n) is 3.70. The average Bonchev–Trinajstić information content (AvgIpc) is 2.54. The van der Waals surface area contributed by atoms with E-state index in [2.05, 4.69) is 19.2 Å². The Hall–Kier alpha value is -0.410. The summed E-state index contributed by atoms with van der Waals surface area (Å²) in [5, 5.41) is 3.35. The molecule has 3 nitrogen and oxygen atoms in total. The highest BCUT2D eigenvalue weighted by Crippen LogP contribution is 2.27. The molecule has 0 aromatic rings. The maximum atomic E-state index is 11.2. The Labute approximate surface area is 105 Å². The predicted molar refractivity (Wildman–Crippen MR) is 69.0 cm³/mol. The largest absolute Gasteiger partial charge is 0.317 e. The van der Waals surface area contributed by atoms with E-state index in [9.17, 15) is 4.79 Å². The first-order valence-corrected chi connectivity index (χ1v) is 7.25. The Morgan fingerprint density at radius 3 is 2.35 bits per heavy atom. The fourth-order valence-corrected chi connectivity index (χ4v) is 3.70. The standard InChI is InChI=1S/C8H13NO.C6H13N/c1-6-5-8(2)4-3-7(10)9(6)8;1-2-4-6-7-5-3-1/h6H,3-5H2,1-2H3;7H,1-6H2/p+1. The van der Waals surface area contributed by atoms with Gasteiger partial charge >= 0.3 is 5.91 Å². The predicted octanol–water partition coefficient (Wildman–Crippen LogP) is 0.893. The van der Waals surface area contributed by atoms with Crippen molar-refractivity contribution in [1.29, 1.82) is 0 Å². The van der Waals surface area contributed by atoms with E-state index in [1.165, 1.54) is 50.1 Å². The lowest BCUT2D eigenvalue weighted by molar-refractivity contribution is -0.940. The van der Waals surface area contributed by atoms with Crippen molar-refractivity contribution in [1.82, 2.24) is 5.32 Å². The van der Waals surface area contributed by atoms with Crippen molar-refractivity contribution in [2.75, 3.05) is 13.1 Å². The molecule has 0 aliphatic carbocycles. The van der Waals surface area contributed by atoms with Gasteiger partial charge in [0.25, 0.3) is 0 Å². The maximum Gasteiger partial charge on any atom is 0.312 e. The van der Waals surface area contributed by atoms with Gasteiger partial charge < -0.3 is 5.32 Å². The number of rotatable bonds is 0. The van der Waals surface area contributed by atoms with E-state index >= 15 is 0 Å². The van der Waals surface area contributed by atoms with E-state index in [1.807, 2.05) is 0 Å². The van der Waals surface area contributed by atoms with E-state index in [-0.39, 0.29) is 0 Å². The number of quaternary nitrogens is 1. The van der Waals surface area contributed by atoms with Gasteiger partial charge in [0.05, 0.1) is 18.9 Å². The quantitative estimate of drug-likeness (QED) is 0.658. The summed E-state index contributed by atoms with van der Waals surface area (Å²) in [6, 6.07) is 0.597.